The highest BCUT2D eigenvalue weighted by atomic mass is 16.5. The van der Waals surface area contributed by atoms with E-state index in [9.17, 15) is 4.79 Å². The molecule has 0 saturated heterocycles. The highest BCUT2D eigenvalue weighted by Crippen LogP contribution is 2.17. The summed E-state index contributed by atoms with van der Waals surface area (Å²) in [5.41, 5.74) is 2.45. The third-order valence-corrected chi connectivity index (χ3v) is 3.32. The summed E-state index contributed by atoms with van der Waals surface area (Å²) in [5, 5.41) is 18.5. The van der Waals surface area contributed by atoms with Crippen molar-refractivity contribution in [2.75, 3.05) is 24.4 Å². The predicted octanol–water partition coefficient (Wildman–Crippen LogP) is 2.30. The summed E-state index contributed by atoms with van der Waals surface area (Å²) in [6, 6.07) is 12.8. The van der Waals surface area contributed by atoms with Crippen LogP contribution in [0.5, 0.6) is 0 Å². The molecule has 1 aromatic carbocycles. The third kappa shape index (κ3) is 4.39. The van der Waals surface area contributed by atoms with Crippen molar-refractivity contribution in [3.63, 3.8) is 0 Å². The molecule has 0 aliphatic heterocycles. The van der Waals surface area contributed by atoms with E-state index < -0.39 is 0 Å². The fourth-order valence-corrected chi connectivity index (χ4v) is 2.17. The van der Waals surface area contributed by atoms with Gasteiger partial charge in [-0.15, -0.1) is 10.2 Å². The Balaban J connectivity index is 1.63. The lowest BCUT2D eigenvalue weighted by atomic mass is 10.2. The molecule has 2 heterocycles. The van der Waals surface area contributed by atoms with E-state index in [1.54, 1.807) is 16.8 Å². The summed E-state index contributed by atoms with van der Waals surface area (Å²) in [5.74, 6) is 1.07. The van der Waals surface area contributed by atoms with Gasteiger partial charge in [-0.1, -0.05) is 0 Å². The summed E-state index contributed by atoms with van der Waals surface area (Å²) in [6.45, 7) is 1.94. The van der Waals surface area contributed by atoms with Crippen LogP contribution < -0.4 is 10.6 Å². The molecule has 2 aromatic heterocycles. The van der Waals surface area contributed by atoms with Gasteiger partial charge in [0.1, 0.15) is 6.61 Å². The Morgan fingerprint density at radius 3 is 2.44 bits per heavy atom. The maximum absolute atomic E-state index is 11.5. The molecule has 0 bridgehead atoms. The Kier molecular flexibility index (Phi) is 5.00. The van der Waals surface area contributed by atoms with E-state index in [1.165, 1.54) is 7.11 Å². The molecular weight excluding hydrogens is 320 g/mol. The molecule has 3 aromatic rings. The summed E-state index contributed by atoms with van der Waals surface area (Å²) in [6.07, 6.45) is 1.84. The minimum atomic E-state index is -0.196. The molecule has 8 heteroatoms. The molecule has 0 fully saturated rings. The van der Waals surface area contributed by atoms with Gasteiger partial charge in [0.15, 0.2) is 11.6 Å². The number of rotatable bonds is 6. The third-order valence-electron chi connectivity index (χ3n) is 3.32. The number of benzene rings is 1. The van der Waals surface area contributed by atoms with Crippen molar-refractivity contribution in [2.45, 2.75) is 6.92 Å². The Morgan fingerprint density at radius 2 is 1.84 bits per heavy atom. The van der Waals surface area contributed by atoms with Gasteiger partial charge in [0.25, 0.3) is 0 Å². The van der Waals surface area contributed by atoms with E-state index in [4.69, 9.17) is 4.74 Å². The van der Waals surface area contributed by atoms with Crippen LogP contribution in [-0.4, -0.2) is 39.6 Å². The minimum Gasteiger partial charge on any atom is -0.375 e. The zero-order valence-corrected chi connectivity index (χ0v) is 13.9. The fraction of sp³-hybridized carbons (Fsp3) is 0.176. The summed E-state index contributed by atoms with van der Waals surface area (Å²) < 4.78 is 6.45. The molecule has 128 valence electrons. The lowest BCUT2D eigenvalue weighted by Gasteiger charge is -2.08. The lowest BCUT2D eigenvalue weighted by Crippen LogP contribution is -2.16. The van der Waals surface area contributed by atoms with E-state index in [1.807, 2.05) is 43.5 Å². The van der Waals surface area contributed by atoms with Crippen molar-refractivity contribution in [1.29, 1.82) is 0 Å². The van der Waals surface area contributed by atoms with Gasteiger partial charge >= 0.3 is 0 Å². The number of hydrogen-bond donors (Lipinski definition) is 2. The second-order valence-electron chi connectivity index (χ2n) is 5.36. The number of methoxy groups -OCH3 is 1. The molecule has 0 atom stereocenters. The standard InChI is InChI=1S/C17H18N6O2/c1-12-9-10-23(22-12)16-8-7-15(20-21-16)18-13-3-5-14(6-4-13)19-17(24)11-25-2/h3-10H,11H2,1-2H3,(H,18,20)(H,19,24). The largest absolute Gasteiger partial charge is 0.375 e. The Labute approximate surface area is 144 Å². The van der Waals surface area contributed by atoms with Gasteiger partial charge in [0.05, 0.1) is 5.69 Å². The Morgan fingerprint density at radius 1 is 1.08 bits per heavy atom. The first-order chi connectivity index (χ1) is 12.1. The van der Waals surface area contributed by atoms with Crippen molar-refractivity contribution in [1.82, 2.24) is 20.0 Å². The molecule has 3 rings (SSSR count). The predicted molar refractivity (Wildman–Crippen MR) is 94.1 cm³/mol. The molecule has 25 heavy (non-hydrogen) atoms. The molecule has 0 unspecified atom stereocenters. The number of anilines is 3. The van der Waals surface area contributed by atoms with Crippen LogP contribution in [0.3, 0.4) is 0 Å². The number of ether oxygens (including phenoxy) is 1. The van der Waals surface area contributed by atoms with Gasteiger partial charge in [-0.3, -0.25) is 4.79 Å². The van der Waals surface area contributed by atoms with Crippen LogP contribution in [0.4, 0.5) is 17.2 Å². The molecule has 0 aliphatic rings. The number of nitrogens with one attached hydrogen (secondary N) is 2. The topological polar surface area (TPSA) is 94.0 Å². The van der Waals surface area contributed by atoms with Crippen LogP contribution >= 0.6 is 0 Å². The van der Waals surface area contributed by atoms with E-state index in [2.05, 4.69) is 25.9 Å². The fourth-order valence-electron chi connectivity index (χ4n) is 2.17. The van der Waals surface area contributed by atoms with Crippen LogP contribution in [-0.2, 0) is 9.53 Å². The monoisotopic (exact) mass is 338 g/mol. The second-order valence-corrected chi connectivity index (χ2v) is 5.36. The molecule has 0 radical (unpaired) electrons. The number of carbonyl (C=O) groups excluding carboxylic acids is 1. The first-order valence-electron chi connectivity index (χ1n) is 7.66. The van der Waals surface area contributed by atoms with Gasteiger partial charge in [0.2, 0.25) is 5.91 Å². The second kappa shape index (κ2) is 7.54. The van der Waals surface area contributed by atoms with Gasteiger partial charge in [0, 0.05) is 24.7 Å². The first-order valence-corrected chi connectivity index (χ1v) is 7.66. The van der Waals surface area contributed by atoms with Crippen LogP contribution in [0.25, 0.3) is 5.82 Å². The average molecular weight is 338 g/mol. The number of hydrogen-bond acceptors (Lipinski definition) is 6. The van der Waals surface area contributed by atoms with Gasteiger partial charge < -0.3 is 15.4 Å². The zero-order valence-electron chi connectivity index (χ0n) is 13.9. The molecule has 1 amide bonds. The summed E-state index contributed by atoms with van der Waals surface area (Å²) >= 11 is 0. The van der Waals surface area contributed by atoms with E-state index in [0.29, 0.717) is 17.3 Å². The van der Waals surface area contributed by atoms with E-state index in [0.717, 1.165) is 11.4 Å². The van der Waals surface area contributed by atoms with Crippen molar-refractivity contribution >= 4 is 23.1 Å². The summed E-state index contributed by atoms with van der Waals surface area (Å²) in [4.78, 5) is 11.5. The van der Waals surface area contributed by atoms with Crippen molar-refractivity contribution in [3.8, 4) is 5.82 Å². The lowest BCUT2D eigenvalue weighted by molar-refractivity contribution is -0.119. The first kappa shape index (κ1) is 16.6. The smallest absolute Gasteiger partial charge is 0.250 e. The quantitative estimate of drug-likeness (QED) is 0.716. The number of aryl methyl sites for hydroxylation is 1. The number of carbonyl (C=O) groups is 1. The van der Waals surface area contributed by atoms with Gasteiger partial charge in [-0.25, -0.2) is 4.68 Å². The maximum Gasteiger partial charge on any atom is 0.250 e. The minimum absolute atomic E-state index is 0.0255. The van der Waals surface area contributed by atoms with Crippen molar-refractivity contribution in [2.24, 2.45) is 0 Å². The van der Waals surface area contributed by atoms with Gasteiger partial charge in [-0.05, 0) is 49.4 Å². The molecule has 0 saturated carbocycles. The highest BCUT2D eigenvalue weighted by Gasteiger charge is 2.04. The van der Waals surface area contributed by atoms with E-state index >= 15 is 0 Å². The van der Waals surface area contributed by atoms with Crippen molar-refractivity contribution < 1.29 is 9.53 Å². The molecular formula is C17H18N6O2. The van der Waals surface area contributed by atoms with Crippen molar-refractivity contribution in [3.05, 3.63) is 54.4 Å². The molecule has 0 spiro atoms. The maximum atomic E-state index is 11.5. The number of nitrogens with zero attached hydrogens (tertiary/aromatic N) is 4. The van der Waals surface area contributed by atoms with Crippen LogP contribution in [0.2, 0.25) is 0 Å². The van der Waals surface area contributed by atoms with Gasteiger partial charge in [-0.2, -0.15) is 5.10 Å². The SMILES string of the molecule is COCC(=O)Nc1ccc(Nc2ccc(-n3ccc(C)n3)nn2)cc1. The summed E-state index contributed by atoms with van der Waals surface area (Å²) in [7, 11) is 1.48. The van der Waals surface area contributed by atoms with Crippen LogP contribution in [0.1, 0.15) is 5.69 Å². The number of amides is 1. The molecule has 2 N–H and O–H groups in total. The van der Waals surface area contributed by atoms with Crippen LogP contribution in [0, 0.1) is 6.92 Å². The molecule has 8 nitrogen and oxygen atoms in total. The Hall–Kier alpha value is -3.26. The Bertz CT molecular complexity index is 842. The zero-order chi connectivity index (χ0) is 17.6. The number of aromatic nitrogens is 4. The van der Waals surface area contributed by atoms with Crippen LogP contribution in [0.15, 0.2) is 48.7 Å². The normalized spacial score (nSPS) is 10.5. The molecule has 0 aliphatic carbocycles. The van der Waals surface area contributed by atoms with E-state index in [-0.39, 0.29) is 12.5 Å². The average Bonchev–Trinajstić information content (AvgIpc) is 3.04. The highest BCUT2D eigenvalue weighted by molar-refractivity contribution is 5.91.